The fourth-order valence-electron chi connectivity index (χ4n) is 2.56. The van der Waals surface area contributed by atoms with Crippen LogP contribution in [0.4, 0.5) is 5.82 Å². The first kappa shape index (κ1) is 14.8. The number of nitrogens with zero attached hydrogens (tertiary/aromatic N) is 1. The van der Waals surface area contributed by atoms with Gasteiger partial charge in [0.15, 0.2) is 0 Å². The summed E-state index contributed by atoms with van der Waals surface area (Å²) in [6.07, 6.45) is 6.02. The van der Waals surface area contributed by atoms with Crippen LogP contribution in [0.5, 0.6) is 0 Å². The molecular weight excluding hydrogens is 254 g/mol. The van der Waals surface area contributed by atoms with Gasteiger partial charge < -0.3 is 15.7 Å². The van der Waals surface area contributed by atoms with E-state index in [1.165, 1.54) is 0 Å². The summed E-state index contributed by atoms with van der Waals surface area (Å²) in [6.45, 7) is 2.75. The number of pyridine rings is 1. The molecule has 0 bridgehead atoms. The Labute approximate surface area is 119 Å². The molecule has 5 heteroatoms. The number of carbonyl (C=O) groups excluding carboxylic acids is 1. The summed E-state index contributed by atoms with van der Waals surface area (Å²) in [5.74, 6) is 0.555. The molecule has 1 heterocycles. The second-order valence-electron chi connectivity index (χ2n) is 5.25. The Morgan fingerprint density at radius 2 is 2.20 bits per heavy atom. The summed E-state index contributed by atoms with van der Waals surface area (Å²) in [5, 5.41) is 16.1. The molecule has 1 aromatic heterocycles. The number of rotatable bonds is 4. The van der Waals surface area contributed by atoms with Crippen LogP contribution in [0.25, 0.3) is 0 Å². The number of hydrogen-bond donors (Lipinski definition) is 3. The molecule has 1 fully saturated rings. The van der Waals surface area contributed by atoms with Crippen LogP contribution in [-0.4, -0.2) is 34.7 Å². The van der Waals surface area contributed by atoms with Crippen LogP contribution in [0.15, 0.2) is 18.3 Å². The van der Waals surface area contributed by atoms with Gasteiger partial charge in [-0.05, 0) is 31.9 Å². The van der Waals surface area contributed by atoms with E-state index in [0.717, 1.165) is 38.6 Å². The van der Waals surface area contributed by atoms with E-state index in [1.807, 2.05) is 6.92 Å². The molecule has 0 aliphatic heterocycles. The highest BCUT2D eigenvalue weighted by Crippen LogP contribution is 2.18. The molecule has 0 spiro atoms. The number of anilines is 1. The summed E-state index contributed by atoms with van der Waals surface area (Å²) >= 11 is 0. The van der Waals surface area contributed by atoms with Gasteiger partial charge in [0.1, 0.15) is 5.82 Å². The van der Waals surface area contributed by atoms with Crippen molar-refractivity contribution < 1.29 is 9.90 Å². The third-order valence-corrected chi connectivity index (χ3v) is 3.68. The number of aromatic nitrogens is 1. The van der Waals surface area contributed by atoms with Gasteiger partial charge in [-0.2, -0.15) is 0 Å². The van der Waals surface area contributed by atoms with E-state index in [2.05, 4.69) is 15.6 Å². The van der Waals surface area contributed by atoms with Crippen LogP contribution in [0, 0.1) is 0 Å². The Morgan fingerprint density at radius 3 is 3.00 bits per heavy atom. The number of hydrogen-bond acceptors (Lipinski definition) is 4. The van der Waals surface area contributed by atoms with E-state index in [9.17, 15) is 9.90 Å². The zero-order valence-corrected chi connectivity index (χ0v) is 11.9. The highest BCUT2D eigenvalue weighted by molar-refractivity contribution is 5.95. The van der Waals surface area contributed by atoms with Crippen LogP contribution in [0.2, 0.25) is 0 Å². The first-order valence-corrected chi connectivity index (χ1v) is 7.39. The largest absolute Gasteiger partial charge is 0.391 e. The molecule has 2 rings (SSSR count). The minimum absolute atomic E-state index is 0.138. The quantitative estimate of drug-likeness (QED) is 0.735. The monoisotopic (exact) mass is 277 g/mol. The second kappa shape index (κ2) is 7.24. The van der Waals surface area contributed by atoms with Crippen molar-refractivity contribution in [1.82, 2.24) is 10.3 Å². The lowest BCUT2D eigenvalue weighted by molar-refractivity contribution is 0.0818. The van der Waals surface area contributed by atoms with Gasteiger partial charge in [-0.1, -0.05) is 19.3 Å². The van der Waals surface area contributed by atoms with E-state index in [0.29, 0.717) is 11.4 Å². The summed E-state index contributed by atoms with van der Waals surface area (Å²) < 4.78 is 0. The standard InChI is InChI=1S/C15H23N3O2/c1-2-16-14-10-11(8-9-17-14)15(20)18-12-6-4-3-5-7-13(12)19/h8-10,12-13,19H,2-7H2,1H3,(H,16,17)(H,18,20). The predicted molar refractivity (Wildman–Crippen MR) is 78.7 cm³/mol. The van der Waals surface area contributed by atoms with E-state index in [1.54, 1.807) is 18.3 Å². The fourth-order valence-corrected chi connectivity index (χ4v) is 2.56. The Kier molecular flexibility index (Phi) is 5.35. The number of aliphatic hydroxyl groups excluding tert-OH is 1. The maximum atomic E-state index is 12.2. The van der Waals surface area contributed by atoms with Gasteiger partial charge >= 0.3 is 0 Å². The van der Waals surface area contributed by atoms with Gasteiger partial charge in [0.2, 0.25) is 0 Å². The van der Waals surface area contributed by atoms with Gasteiger partial charge in [0, 0.05) is 18.3 Å². The third kappa shape index (κ3) is 3.93. The Bertz CT molecular complexity index is 450. The average molecular weight is 277 g/mol. The zero-order valence-electron chi connectivity index (χ0n) is 11.9. The second-order valence-corrected chi connectivity index (χ2v) is 5.25. The lowest BCUT2D eigenvalue weighted by atomic mass is 10.1. The van der Waals surface area contributed by atoms with Crippen molar-refractivity contribution in [1.29, 1.82) is 0 Å². The van der Waals surface area contributed by atoms with E-state index in [-0.39, 0.29) is 11.9 Å². The molecule has 0 aromatic carbocycles. The molecule has 2 atom stereocenters. The highest BCUT2D eigenvalue weighted by Gasteiger charge is 2.23. The molecule has 0 radical (unpaired) electrons. The maximum Gasteiger partial charge on any atom is 0.251 e. The Morgan fingerprint density at radius 1 is 1.40 bits per heavy atom. The van der Waals surface area contributed by atoms with Crippen molar-refractivity contribution in [2.24, 2.45) is 0 Å². The summed E-state index contributed by atoms with van der Waals surface area (Å²) in [6, 6.07) is 3.29. The van der Waals surface area contributed by atoms with Crippen LogP contribution in [-0.2, 0) is 0 Å². The summed E-state index contributed by atoms with van der Waals surface area (Å²) in [7, 11) is 0. The third-order valence-electron chi connectivity index (χ3n) is 3.68. The van der Waals surface area contributed by atoms with Gasteiger partial charge in [-0.25, -0.2) is 4.98 Å². The van der Waals surface area contributed by atoms with Crippen LogP contribution in [0.1, 0.15) is 49.4 Å². The molecule has 110 valence electrons. The Hall–Kier alpha value is -1.62. The zero-order chi connectivity index (χ0) is 14.4. The first-order chi connectivity index (χ1) is 9.70. The molecule has 1 aromatic rings. The lowest BCUT2D eigenvalue weighted by Crippen LogP contribution is -2.42. The molecule has 1 amide bonds. The van der Waals surface area contributed by atoms with Gasteiger partial charge in [-0.15, -0.1) is 0 Å². The van der Waals surface area contributed by atoms with E-state index < -0.39 is 6.10 Å². The van der Waals surface area contributed by atoms with E-state index >= 15 is 0 Å². The maximum absolute atomic E-state index is 12.2. The van der Waals surface area contributed by atoms with Crippen molar-refractivity contribution in [3.63, 3.8) is 0 Å². The summed E-state index contributed by atoms with van der Waals surface area (Å²) in [4.78, 5) is 16.4. The number of carbonyl (C=O) groups is 1. The number of nitrogens with one attached hydrogen (secondary N) is 2. The molecule has 1 aliphatic rings. The molecular formula is C15H23N3O2. The molecule has 1 saturated carbocycles. The number of aliphatic hydroxyl groups is 1. The molecule has 5 nitrogen and oxygen atoms in total. The Balaban J connectivity index is 2.01. The van der Waals surface area contributed by atoms with Crippen LogP contribution in [0.3, 0.4) is 0 Å². The SMILES string of the molecule is CCNc1cc(C(=O)NC2CCCCCC2O)ccn1. The normalized spacial score (nSPS) is 22.9. The molecule has 20 heavy (non-hydrogen) atoms. The van der Waals surface area contributed by atoms with Crippen molar-refractivity contribution in [3.05, 3.63) is 23.9 Å². The van der Waals surface area contributed by atoms with Crippen molar-refractivity contribution in [2.45, 2.75) is 51.2 Å². The van der Waals surface area contributed by atoms with Gasteiger partial charge in [0.25, 0.3) is 5.91 Å². The average Bonchev–Trinajstić information content (AvgIpc) is 2.65. The minimum Gasteiger partial charge on any atom is -0.391 e. The van der Waals surface area contributed by atoms with Gasteiger partial charge in [0.05, 0.1) is 12.1 Å². The van der Waals surface area contributed by atoms with Crippen LogP contribution < -0.4 is 10.6 Å². The molecule has 2 unspecified atom stereocenters. The van der Waals surface area contributed by atoms with Crippen molar-refractivity contribution in [2.75, 3.05) is 11.9 Å². The fraction of sp³-hybridized carbons (Fsp3) is 0.600. The van der Waals surface area contributed by atoms with Gasteiger partial charge in [-0.3, -0.25) is 4.79 Å². The highest BCUT2D eigenvalue weighted by atomic mass is 16.3. The lowest BCUT2D eigenvalue weighted by Gasteiger charge is -2.21. The summed E-state index contributed by atoms with van der Waals surface area (Å²) in [5.41, 5.74) is 0.576. The molecule has 1 aliphatic carbocycles. The first-order valence-electron chi connectivity index (χ1n) is 7.39. The van der Waals surface area contributed by atoms with Crippen molar-refractivity contribution in [3.8, 4) is 0 Å². The molecule has 0 saturated heterocycles. The predicted octanol–water partition coefficient (Wildman–Crippen LogP) is 1.94. The topological polar surface area (TPSA) is 74.2 Å². The molecule has 3 N–H and O–H groups in total. The smallest absolute Gasteiger partial charge is 0.251 e. The minimum atomic E-state index is -0.434. The van der Waals surface area contributed by atoms with Crippen molar-refractivity contribution >= 4 is 11.7 Å². The van der Waals surface area contributed by atoms with E-state index in [4.69, 9.17) is 0 Å². The van der Waals surface area contributed by atoms with Crippen LogP contribution >= 0.6 is 0 Å². The number of amides is 1.